The van der Waals surface area contributed by atoms with Gasteiger partial charge in [-0.3, -0.25) is 9.36 Å². The van der Waals surface area contributed by atoms with Crippen LogP contribution in [0.5, 0.6) is 0 Å². The molecular formula is C20H23N2O4P. The topological polar surface area (TPSA) is 102 Å². The number of anilines is 1. The minimum absolute atomic E-state index is 0.0475. The molecule has 0 saturated carbocycles. The zero-order valence-electron chi connectivity index (χ0n) is 15.1. The van der Waals surface area contributed by atoms with Crippen molar-refractivity contribution in [3.63, 3.8) is 0 Å². The second-order valence-corrected chi connectivity index (χ2v) is 8.54. The lowest BCUT2D eigenvalue weighted by Crippen LogP contribution is -2.13. The monoisotopic (exact) mass is 386 g/mol. The second-order valence-electron chi connectivity index (χ2n) is 6.60. The second kappa shape index (κ2) is 7.99. The van der Waals surface area contributed by atoms with E-state index in [-0.39, 0.29) is 6.16 Å². The highest BCUT2D eigenvalue weighted by Crippen LogP contribution is 2.47. The molecule has 3 rings (SSSR count). The number of aromatic amines is 1. The van der Waals surface area contributed by atoms with E-state index in [4.69, 9.17) is 0 Å². The summed E-state index contributed by atoms with van der Waals surface area (Å²) in [6, 6.07) is 16.4. The first-order valence-electron chi connectivity index (χ1n) is 8.88. The normalized spacial score (nSPS) is 14.6. The van der Waals surface area contributed by atoms with Crippen LogP contribution >= 0.6 is 7.52 Å². The molecule has 4 N–H and O–H groups in total. The summed E-state index contributed by atoms with van der Waals surface area (Å²) in [4.78, 5) is 25.5. The number of nitrogens with one attached hydrogen (secondary N) is 2. The Morgan fingerprint density at radius 1 is 1.15 bits per heavy atom. The molecule has 2 atom stereocenters. The highest BCUT2D eigenvalue weighted by atomic mass is 31.2. The number of benzene rings is 2. The van der Waals surface area contributed by atoms with E-state index in [9.17, 15) is 19.4 Å². The molecule has 27 heavy (non-hydrogen) atoms. The molecule has 0 fully saturated rings. The van der Waals surface area contributed by atoms with Gasteiger partial charge in [0.05, 0.1) is 12.1 Å². The van der Waals surface area contributed by atoms with Gasteiger partial charge in [-0.2, -0.15) is 0 Å². The molecule has 0 amide bonds. The van der Waals surface area contributed by atoms with E-state index in [1.165, 1.54) is 0 Å². The lowest BCUT2D eigenvalue weighted by Gasteiger charge is -2.18. The Morgan fingerprint density at radius 2 is 1.81 bits per heavy atom. The van der Waals surface area contributed by atoms with Crippen LogP contribution in [0.1, 0.15) is 36.8 Å². The van der Waals surface area contributed by atoms with E-state index in [0.717, 1.165) is 16.5 Å². The maximum atomic E-state index is 12.8. The van der Waals surface area contributed by atoms with Crippen molar-refractivity contribution in [2.24, 2.45) is 0 Å². The third-order valence-electron chi connectivity index (χ3n) is 4.50. The molecule has 2 aromatic carbocycles. The summed E-state index contributed by atoms with van der Waals surface area (Å²) in [5, 5.41) is 13.2. The van der Waals surface area contributed by atoms with Crippen molar-refractivity contribution < 1.29 is 19.4 Å². The van der Waals surface area contributed by atoms with Gasteiger partial charge in [0.15, 0.2) is 0 Å². The summed E-state index contributed by atoms with van der Waals surface area (Å²) in [6.07, 6.45) is 1.09. The lowest BCUT2D eigenvalue weighted by atomic mass is 9.93. The van der Waals surface area contributed by atoms with E-state index in [0.29, 0.717) is 24.2 Å². The Labute approximate surface area is 157 Å². The molecule has 0 spiro atoms. The SMILES string of the molecule is CCCC(C(=O)O)c1c(NP(=O)(O)Cc2ccccc2)[nH]c2ccccc12. The number of hydrogen-bond acceptors (Lipinski definition) is 2. The fourth-order valence-corrected chi connectivity index (χ4v) is 4.65. The number of hydrogen-bond donors (Lipinski definition) is 4. The number of fused-ring (bicyclic) bond motifs is 1. The van der Waals surface area contributed by atoms with Gasteiger partial charge in [0.1, 0.15) is 5.82 Å². The maximum absolute atomic E-state index is 12.8. The minimum Gasteiger partial charge on any atom is -0.481 e. The average Bonchev–Trinajstić information content (AvgIpc) is 2.96. The van der Waals surface area contributed by atoms with Crippen LogP contribution in [0.4, 0.5) is 5.82 Å². The average molecular weight is 386 g/mol. The van der Waals surface area contributed by atoms with Crippen LogP contribution in [0, 0.1) is 0 Å². The summed E-state index contributed by atoms with van der Waals surface area (Å²) < 4.78 is 12.8. The Kier molecular flexibility index (Phi) is 5.68. The third kappa shape index (κ3) is 4.41. The highest BCUT2D eigenvalue weighted by Gasteiger charge is 2.29. The molecule has 1 aromatic heterocycles. The maximum Gasteiger partial charge on any atom is 0.311 e. The highest BCUT2D eigenvalue weighted by molar-refractivity contribution is 7.58. The number of H-pyrrole nitrogens is 1. The standard InChI is InChI=1S/C20H23N2O4P/c1-2-8-16(20(23)24)18-15-11-6-7-12-17(15)21-19(18)22-27(25,26)13-14-9-4-3-5-10-14/h3-7,9-12,16,21H,2,8,13H2,1H3,(H,23,24)(H2,22,25,26). The number of aliphatic carboxylic acids is 1. The first kappa shape index (κ1) is 19.2. The summed E-state index contributed by atoms with van der Waals surface area (Å²) >= 11 is 0. The molecule has 142 valence electrons. The molecule has 0 aliphatic carbocycles. The molecule has 0 saturated heterocycles. The predicted molar refractivity (Wildman–Crippen MR) is 107 cm³/mol. The number of carboxylic acids is 1. The van der Waals surface area contributed by atoms with Gasteiger partial charge in [0, 0.05) is 16.5 Å². The van der Waals surface area contributed by atoms with Gasteiger partial charge in [-0.15, -0.1) is 0 Å². The van der Waals surface area contributed by atoms with Crippen molar-refractivity contribution in [3.8, 4) is 0 Å². The van der Waals surface area contributed by atoms with Crippen molar-refractivity contribution >= 4 is 30.2 Å². The number of rotatable bonds is 8. The van der Waals surface area contributed by atoms with Crippen molar-refractivity contribution in [1.29, 1.82) is 0 Å². The fraction of sp³-hybridized carbons (Fsp3) is 0.250. The molecule has 0 bridgehead atoms. The van der Waals surface area contributed by atoms with Gasteiger partial charge in [0.2, 0.25) is 0 Å². The number of carboxylic acid groups (broad SMARTS) is 1. The molecule has 0 aliphatic heterocycles. The van der Waals surface area contributed by atoms with Crippen LogP contribution in [0.2, 0.25) is 0 Å². The van der Waals surface area contributed by atoms with E-state index in [1.54, 1.807) is 12.1 Å². The lowest BCUT2D eigenvalue weighted by molar-refractivity contribution is -0.138. The summed E-state index contributed by atoms with van der Waals surface area (Å²) in [5.74, 6) is -1.40. The van der Waals surface area contributed by atoms with Gasteiger partial charge < -0.3 is 20.1 Å². The first-order chi connectivity index (χ1) is 12.9. The van der Waals surface area contributed by atoms with Crippen molar-refractivity contribution in [1.82, 2.24) is 4.98 Å². The molecular weight excluding hydrogens is 363 g/mol. The molecule has 6 nitrogen and oxygen atoms in total. The Balaban J connectivity index is 2.01. The fourth-order valence-electron chi connectivity index (χ4n) is 3.34. The molecule has 0 aliphatic rings. The van der Waals surface area contributed by atoms with Crippen molar-refractivity contribution in [2.75, 3.05) is 5.09 Å². The Bertz CT molecular complexity index is 984. The third-order valence-corrected chi connectivity index (χ3v) is 5.86. The smallest absolute Gasteiger partial charge is 0.311 e. The number of aromatic nitrogens is 1. The van der Waals surface area contributed by atoms with Crippen LogP contribution in [0.3, 0.4) is 0 Å². The Hall–Kier alpha value is -2.56. The number of carbonyl (C=O) groups is 1. The molecule has 2 unspecified atom stereocenters. The summed E-state index contributed by atoms with van der Waals surface area (Å²) in [7, 11) is -3.78. The minimum atomic E-state index is -3.78. The van der Waals surface area contributed by atoms with E-state index >= 15 is 0 Å². The number of para-hydroxylation sites is 1. The summed E-state index contributed by atoms with van der Waals surface area (Å²) in [6.45, 7) is 1.92. The largest absolute Gasteiger partial charge is 0.481 e. The van der Waals surface area contributed by atoms with Gasteiger partial charge in [-0.1, -0.05) is 61.9 Å². The van der Waals surface area contributed by atoms with E-state index in [2.05, 4.69) is 10.1 Å². The molecule has 1 heterocycles. The summed E-state index contributed by atoms with van der Waals surface area (Å²) in [5.41, 5.74) is 2.00. The quantitative estimate of drug-likeness (QED) is 0.411. The van der Waals surface area contributed by atoms with Crippen LogP contribution < -0.4 is 5.09 Å². The Morgan fingerprint density at radius 3 is 2.48 bits per heavy atom. The predicted octanol–water partition coefficient (Wildman–Crippen LogP) is 4.93. The van der Waals surface area contributed by atoms with Gasteiger partial charge >= 0.3 is 5.97 Å². The van der Waals surface area contributed by atoms with Gasteiger partial charge in [-0.25, -0.2) is 0 Å². The first-order valence-corrected chi connectivity index (χ1v) is 10.7. The van der Waals surface area contributed by atoms with Crippen LogP contribution in [-0.4, -0.2) is 21.0 Å². The van der Waals surface area contributed by atoms with Crippen LogP contribution in [-0.2, 0) is 15.5 Å². The van der Waals surface area contributed by atoms with Crippen LogP contribution in [0.25, 0.3) is 10.9 Å². The van der Waals surface area contributed by atoms with E-state index < -0.39 is 19.4 Å². The molecule has 0 radical (unpaired) electrons. The molecule has 3 aromatic rings. The zero-order chi connectivity index (χ0) is 19.4. The van der Waals surface area contributed by atoms with Crippen LogP contribution in [0.15, 0.2) is 54.6 Å². The van der Waals surface area contributed by atoms with Crippen molar-refractivity contribution in [3.05, 3.63) is 65.7 Å². The molecule has 7 heteroatoms. The van der Waals surface area contributed by atoms with Gasteiger partial charge in [0.25, 0.3) is 7.52 Å². The van der Waals surface area contributed by atoms with Crippen molar-refractivity contribution in [2.45, 2.75) is 31.8 Å². The zero-order valence-corrected chi connectivity index (χ0v) is 15.9. The van der Waals surface area contributed by atoms with E-state index in [1.807, 2.05) is 49.4 Å². The van der Waals surface area contributed by atoms with Gasteiger partial charge in [-0.05, 0) is 18.1 Å².